The monoisotopic (exact) mass is 346 g/mol. The van der Waals surface area contributed by atoms with Crippen LogP contribution >= 0.6 is 27.5 Å². The van der Waals surface area contributed by atoms with E-state index in [-0.39, 0.29) is 10.6 Å². The van der Waals surface area contributed by atoms with E-state index in [1.807, 2.05) is 0 Å². The van der Waals surface area contributed by atoms with Crippen LogP contribution in [0.15, 0.2) is 34.8 Å². The third-order valence-electron chi connectivity index (χ3n) is 2.90. The summed E-state index contributed by atoms with van der Waals surface area (Å²) >= 11 is 8.88. The zero-order valence-corrected chi connectivity index (χ0v) is 12.3. The molecule has 0 heterocycles. The Morgan fingerprint density at radius 1 is 1.16 bits per heavy atom. The molecule has 0 aliphatic heterocycles. The van der Waals surface area contributed by atoms with Gasteiger partial charge in [0, 0.05) is 10.0 Å². The first kappa shape index (κ1) is 14.4. The lowest BCUT2D eigenvalue weighted by molar-refractivity contribution is 0.213. The molecule has 2 rings (SSSR count). The normalized spacial score (nSPS) is 12.5. The average Bonchev–Trinajstić information content (AvgIpc) is 2.38. The van der Waals surface area contributed by atoms with Gasteiger partial charge in [0.1, 0.15) is 17.7 Å². The highest BCUT2D eigenvalue weighted by molar-refractivity contribution is 9.10. The molecular formula is C14H10BrClF2O. The van der Waals surface area contributed by atoms with Gasteiger partial charge in [0.15, 0.2) is 0 Å². The third kappa shape index (κ3) is 2.81. The van der Waals surface area contributed by atoms with Crippen LogP contribution in [-0.2, 0) is 0 Å². The van der Waals surface area contributed by atoms with Crippen LogP contribution < -0.4 is 0 Å². The van der Waals surface area contributed by atoms with Crippen LogP contribution in [0.4, 0.5) is 8.78 Å². The molecule has 0 aliphatic rings. The summed E-state index contributed by atoms with van der Waals surface area (Å²) in [6, 6.07) is 6.97. The number of hydrogen-bond acceptors (Lipinski definition) is 1. The average molecular weight is 348 g/mol. The first-order chi connectivity index (χ1) is 8.91. The van der Waals surface area contributed by atoms with Crippen molar-refractivity contribution < 1.29 is 13.9 Å². The number of aryl methyl sites for hydroxylation is 1. The third-order valence-corrected chi connectivity index (χ3v) is 4.15. The van der Waals surface area contributed by atoms with Gasteiger partial charge in [0.2, 0.25) is 0 Å². The first-order valence-corrected chi connectivity index (χ1v) is 6.66. The number of hydrogen-bond donors (Lipinski definition) is 1. The van der Waals surface area contributed by atoms with Crippen LogP contribution in [0.3, 0.4) is 0 Å². The van der Waals surface area contributed by atoms with Crippen LogP contribution in [0.1, 0.15) is 22.8 Å². The second kappa shape index (κ2) is 5.57. The van der Waals surface area contributed by atoms with Crippen molar-refractivity contribution in [1.82, 2.24) is 0 Å². The lowest BCUT2D eigenvalue weighted by Crippen LogP contribution is -2.05. The van der Waals surface area contributed by atoms with Crippen molar-refractivity contribution >= 4 is 27.5 Å². The second-order valence-corrected chi connectivity index (χ2v) is 5.40. The molecule has 0 fully saturated rings. The fraction of sp³-hybridized carbons (Fsp3) is 0.143. The molecule has 0 spiro atoms. The van der Waals surface area contributed by atoms with E-state index in [4.69, 9.17) is 11.6 Å². The molecule has 0 radical (unpaired) electrons. The summed E-state index contributed by atoms with van der Waals surface area (Å²) < 4.78 is 27.6. The van der Waals surface area contributed by atoms with E-state index >= 15 is 0 Å². The zero-order chi connectivity index (χ0) is 14.2. The molecule has 1 atom stereocenters. The zero-order valence-electron chi connectivity index (χ0n) is 9.92. The Hall–Kier alpha value is -0.970. The van der Waals surface area contributed by atoms with E-state index in [0.29, 0.717) is 15.6 Å². The Morgan fingerprint density at radius 2 is 1.84 bits per heavy atom. The van der Waals surface area contributed by atoms with Crippen LogP contribution in [0.25, 0.3) is 0 Å². The van der Waals surface area contributed by atoms with Gasteiger partial charge in [-0.25, -0.2) is 8.78 Å². The maximum absolute atomic E-state index is 14.0. The molecule has 0 aliphatic carbocycles. The topological polar surface area (TPSA) is 20.2 Å². The summed E-state index contributed by atoms with van der Waals surface area (Å²) in [6.45, 7) is 1.72. The predicted octanol–water partition coefficient (Wildman–Crippen LogP) is 4.77. The highest BCUT2D eigenvalue weighted by Gasteiger charge is 2.20. The van der Waals surface area contributed by atoms with Gasteiger partial charge in [-0.05, 0) is 52.2 Å². The van der Waals surface area contributed by atoms with E-state index < -0.39 is 17.7 Å². The maximum Gasteiger partial charge on any atom is 0.149 e. The number of benzene rings is 2. The van der Waals surface area contributed by atoms with Gasteiger partial charge in [0.25, 0.3) is 0 Å². The fourth-order valence-corrected chi connectivity index (χ4v) is 2.30. The molecule has 0 aromatic heterocycles. The summed E-state index contributed by atoms with van der Waals surface area (Å²) in [5, 5.41) is 10.1. The molecule has 0 saturated heterocycles. The molecule has 19 heavy (non-hydrogen) atoms. The van der Waals surface area contributed by atoms with E-state index in [0.717, 1.165) is 0 Å². The Labute approximate surface area is 123 Å². The quantitative estimate of drug-likeness (QED) is 0.776. The van der Waals surface area contributed by atoms with Gasteiger partial charge in [-0.3, -0.25) is 0 Å². The van der Waals surface area contributed by atoms with Crippen LogP contribution in [0.5, 0.6) is 0 Å². The molecule has 2 aromatic rings. The number of rotatable bonds is 2. The summed E-state index contributed by atoms with van der Waals surface area (Å²) in [5.41, 5.74) is 1.01. The molecule has 1 N–H and O–H groups in total. The SMILES string of the molecule is Cc1ccc(F)cc1C(O)c1ccc(Br)c(Cl)c1F. The van der Waals surface area contributed by atoms with Crippen LogP contribution in [0.2, 0.25) is 5.02 Å². The lowest BCUT2D eigenvalue weighted by Gasteiger charge is -2.16. The molecule has 2 aromatic carbocycles. The van der Waals surface area contributed by atoms with Gasteiger partial charge in [-0.15, -0.1) is 0 Å². The fourth-order valence-electron chi connectivity index (χ4n) is 1.83. The molecule has 1 unspecified atom stereocenters. The minimum absolute atomic E-state index is 0.0156. The minimum Gasteiger partial charge on any atom is -0.384 e. The molecule has 0 bridgehead atoms. The number of halogens is 4. The highest BCUT2D eigenvalue weighted by Crippen LogP contribution is 2.33. The summed E-state index contributed by atoms with van der Waals surface area (Å²) in [7, 11) is 0. The van der Waals surface area contributed by atoms with Gasteiger partial charge in [-0.1, -0.05) is 23.7 Å². The molecule has 100 valence electrons. The van der Waals surface area contributed by atoms with Gasteiger partial charge in [0.05, 0.1) is 5.02 Å². The molecule has 5 heteroatoms. The van der Waals surface area contributed by atoms with E-state index in [1.54, 1.807) is 13.0 Å². The van der Waals surface area contributed by atoms with Crippen LogP contribution in [0, 0.1) is 18.6 Å². The van der Waals surface area contributed by atoms with Gasteiger partial charge >= 0.3 is 0 Å². The first-order valence-electron chi connectivity index (χ1n) is 5.49. The van der Waals surface area contributed by atoms with Gasteiger partial charge < -0.3 is 5.11 Å². The Kier molecular flexibility index (Phi) is 4.23. The van der Waals surface area contributed by atoms with E-state index in [1.165, 1.54) is 24.3 Å². The second-order valence-electron chi connectivity index (χ2n) is 4.17. The largest absolute Gasteiger partial charge is 0.384 e. The molecular weight excluding hydrogens is 338 g/mol. The maximum atomic E-state index is 14.0. The Morgan fingerprint density at radius 3 is 2.53 bits per heavy atom. The van der Waals surface area contributed by atoms with Crippen molar-refractivity contribution in [3.05, 3.63) is 68.2 Å². The van der Waals surface area contributed by atoms with Crippen molar-refractivity contribution in [3.63, 3.8) is 0 Å². The van der Waals surface area contributed by atoms with Crippen molar-refractivity contribution in [2.24, 2.45) is 0 Å². The van der Waals surface area contributed by atoms with Crippen molar-refractivity contribution in [2.45, 2.75) is 13.0 Å². The van der Waals surface area contributed by atoms with Crippen molar-refractivity contribution in [2.75, 3.05) is 0 Å². The van der Waals surface area contributed by atoms with Crippen LogP contribution in [-0.4, -0.2) is 5.11 Å². The standard InChI is InChI=1S/C14H10BrClF2O/c1-7-2-3-8(17)6-10(7)14(19)9-4-5-11(15)12(16)13(9)18/h2-6,14,19H,1H3. The molecule has 0 saturated carbocycles. The summed E-state index contributed by atoms with van der Waals surface area (Å²) in [5.74, 6) is -1.20. The number of aliphatic hydroxyl groups excluding tert-OH is 1. The Balaban J connectivity index is 2.53. The van der Waals surface area contributed by atoms with Gasteiger partial charge in [-0.2, -0.15) is 0 Å². The highest BCUT2D eigenvalue weighted by atomic mass is 79.9. The molecule has 1 nitrogen and oxygen atoms in total. The predicted molar refractivity (Wildman–Crippen MR) is 74.3 cm³/mol. The number of aliphatic hydroxyl groups is 1. The molecule has 0 amide bonds. The summed E-state index contributed by atoms with van der Waals surface area (Å²) in [6.07, 6.45) is -1.26. The minimum atomic E-state index is -1.26. The smallest absolute Gasteiger partial charge is 0.149 e. The summed E-state index contributed by atoms with van der Waals surface area (Å²) in [4.78, 5) is 0. The lowest BCUT2D eigenvalue weighted by atomic mass is 9.97. The van der Waals surface area contributed by atoms with E-state index in [2.05, 4.69) is 15.9 Å². The van der Waals surface area contributed by atoms with Crippen molar-refractivity contribution in [3.8, 4) is 0 Å². The Bertz CT molecular complexity index is 631. The van der Waals surface area contributed by atoms with Crippen molar-refractivity contribution in [1.29, 1.82) is 0 Å². The van der Waals surface area contributed by atoms with E-state index in [9.17, 15) is 13.9 Å².